The standard InChI is InChI=1S/C14H21NO3S.C2H6/c1-14(2)8-4-3-7-13(10-14)19(16,17)15-12-6-5-9-18-11-12;1-2/h3-4,7-8,10,12,15H,5-6,9,11H2,1-2H3;1-2H3. The van der Waals surface area contributed by atoms with Gasteiger partial charge in [0.2, 0.25) is 10.0 Å². The monoisotopic (exact) mass is 313 g/mol. The molecule has 1 saturated heterocycles. The molecule has 2 aliphatic rings. The fourth-order valence-corrected chi connectivity index (χ4v) is 3.68. The van der Waals surface area contributed by atoms with Crippen molar-refractivity contribution in [3.05, 3.63) is 35.3 Å². The molecule has 0 aromatic heterocycles. The lowest BCUT2D eigenvalue weighted by Crippen LogP contribution is -2.41. The van der Waals surface area contributed by atoms with Gasteiger partial charge in [-0.25, -0.2) is 13.1 Å². The molecule has 1 aliphatic carbocycles. The Bertz CT molecular complexity index is 510. The van der Waals surface area contributed by atoms with Gasteiger partial charge in [-0.3, -0.25) is 0 Å². The molecule has 1 atom stereocenters. The van der Waals surface area contributed by atoms with E-state index in [1.807, 2.05) is 39.8 Å². The van der Waals surface area contributed by atoms with Gasteiger partial charge >= 0.3 is 0 Å². The molecule has 0 spiro atoms. The lowest BCUT2D eigenvalue weighted by molar-refractivity contribution is 0.0775. The van der Waals surface area contributed by atoms with E-state index < -0.39 is 10.0 Å². The first-order valence-electron chi connectivity index (χ1n) is 7.58. The summed E-state index contributed by atoms with van der Waals surface area (Å²) >= 11 is 0. The largest absolute Gasteiger partial charge is 0.380 e. The van der Waals surface area contributed by atoms with E-state index in [4.69, 9.17) is 4.74 Å². The van der Waals surface area contributed by atoms with Crippen LogP contribution in [0, 0.1) is 5.41 Å². The summed E-state index contributed by atoms with van der Waals surface area (Å²) in [5.74, 6) is 0. The average molecular weight is 313 g/mol. The van der Waals surface area contributed by atoms with Crippen LogP contribution in [-0.2, 0) is 14.8 Å². The predicted octanol–water partition coefficient (Wildman–Crippen LogP) is 3.15. The van der Waals surface area contributed by atoms with Gasteiger partial charge in [0.25, 0.3) is 0 Å². The Kier molecular flexibility index (Phi) is 6.84. The smallest absolute Gasteiger partial charge is 0.240 e. The second kappa shape index (κ2) is 7.92. The SMILES string of the molecule is CC.CC1(C)C=CC=CC(S(=O)(=O)NC2CCCOC2)=C1. The van der Waals surface area contributed by atoms with Crippen molar-refractivity contribution in [2.75, 3.05) is 13.2 Å². The van der Waals surface area contributed by atoms with Gasteiger partial charge in [0, 0.05) is 18.1 Å². The van der Waals surface area contributed by atoms with E-state index in [-0.39, 0.29) is 11.5 Å². The molecule has 21 heavy (non-hydrogen) atoms. The third-order valence-electron chi connectivity index (χ3n) is 3.20. The van der Waals surface area contributed by atoms with Gasteiger partial charge in [-0.2, -0.15) is 0 Å². The average Bonchev–Trinajstić information content (AvgIpc) is 2.63. The topological polar surface area (TPSA) is 55.4 Å². The Labute approximate surface area is 129 Å². The van der Waals surface area contributed by atoms with Gasteiger partial charge in [0.05, 0.1) is 11.5 Å². The van der Waals surface area contributed by atoms with Gasteiger partial charge in [-0.1, -0.05) is 52.0 Å². The van der Waals surface area contributed by atoms with Crippen LogP contribution in [0.5, 0.6) is 0 Å². The first-order chi connectivity index (χ1) is 9.89. The summed E-state index contributed by atoms with van der Waals surface area (Å²) in [7, 11) is -3.47. The molecule has 1 aliphatic heterocycles. The summed E-state index contributed by atoms with van der Waals surface area (Å²) in [4.78, 5) is 0.327. The van der Waals surface area contributed by atoms with Gasteiger partial charge in [-0.05, 0) is 18.9 Å². The number of hydrogen-bond acceptors (Lipinski definition) is 3. The summed E-state index contributed by atoms with van der Waals surface area (Å²) in [6.45, 7) is 9.14. The van der Waals surface area contributed by atoms with Crippen molar-refractivity contribution in [3.63, 3.8) is 0 Å². The summed E-state index contributed by atoms with van der Waals surface area (Å²) < 4.78 is 32.8. The van der Waals surface area contributed by atoms with Crippen molar-refractivity contribution in [2.24, 2.45) is 5.41 Å². The van der Waals surface area contributed by atoms with E-state index in [9.17, 15) is 8.42 Å². The minimum Gasteiger partial charge on any atom is -0.380 e. The van der Waals surface area contributed by atoms with Gasteiger partial charge in [0.1, 0.15) is 0 Å². The highest BCUT2D eigenvalue weighted by atomic mass is 32.2. The van der Waals surface area contributed by atoms with Crippen LogP contribution in [0.1, 0.15) is 40.5 Å². The van der Waals surface area contributed by atoms with Crippen molar-refractivity contribution >= 4 is 10.0 Å². The number of nitrogens with one attached hydrogen (secondary N) is 1. The lowest BCUT2D eigenvalue weighted by atomic mass is 9.93. The second-order valence-electron chi connectivity index (χ2n) is 5.62. The Morgan fingerprint density at radius 2 is 2.00 bits per heavy atom. The van der Waals surface area contributed by atoms with Crippen molar-refractivity contribution in [1.82, 2.24) is 4.72 Å². The molecule has 4 nitrogen and oxygen atoms in total. The highest BCUT2D eigenvalue weighted by Gasteiger charge is 2.25. The molecule has 0 aromatic carbocycles. The molecule has 0 aromatic rings. The molecule has 2 rings (SSSR count). The molecule has 5 heteroatoms. The first kappa shape index (κ1) is 18.1. The summed E-state index contributed by atoms with van der Waals surface area (Å²) in [6, 6.07) is -0.118. The fourth-order valence-electron chi connectivity index (χ4n) is 2.21. The van der Waals surface area contributed by atoms with E-state index in [1.54, 1.807) is 18.2 Å². The maximum absolute atomic E-state index is 12.4. The van der Waals surface area contributed by atoms with Gasteiger partial charge in [-0.15, -0.1) is 0 Å². The van der Waals surface area contributed by atoms with Crippen LogP contribution in [0.3, 0.4) is 0 Å². The summed E-state index contributed by atoms with van der Waals surface area (Å²) in [6.07, 6.45) is 10.8. The number of hydrogen-bond donors (Lipinski definition) is 1. The van der Waals surface area contributed by atoms with Crippen molar-refractivity contribution in [2.45, 2.75) is 46.6 Å². The number of ether oxygens (including phenoxy) is 1. The molecular weight excluding hydrogens is 286 g/mol. The highest BCUT2D eigenvalue weighted by Crippen LogP contribution is 2.26. The first-order valence-corrected chi connectivity index (χ1v) is 9.06. The third-order valence-corrected chi connectivity index (χ3v) is 4.72. The number of allylic oxidation sites excluding steroid dienone is 5. The molecule has 1 heterocycles. The third kappa shape index (κ3) is 5.77. The summed E-state index contributed by atoms with van der Waals surface area (Å²) in [5, 5.41) is 0. The molecule has 0 amide bonds. The van der Waals surface area contributed by atoms with Crippen LogP contribution in [-0.4, -0.2) is 27.7 Å². The maximum atomic E-state index is 12.4. The van der Waals surface area contributed by atoms with E-state index in [2.05, 4.69) is 4.72 Å². The molecule has 0 bridgehead atoms. The van der Waals surface area contributed by atoms with Crippen LogP contribution in [0.15, 0.2) is 35.3 Å². The van der Waals surface area contributed by atoms with Crippen LogP contribution < -0.4 is 4.72 Å². The van der Waals surface area contributed by atoms with Crippen molar-refractivity contribution in [1.29, 1.82) is 0 Å². The second-order valence-corrected chi connectivity index (χ2v) is 7.34. The molecule has 1 N–H and O–H groups in total. The van der Waals surface area contributed by atoms with Crippen molar-refractivity contribution in [3.8, 4) is 0 Å². The van der Waals surface area contributed by atoms with Crippen LogP contribution in [0.2, 0.25) is 0 Å². The zero-order valence-corrected chi connectivity index (χ0v) is 14.2. The Morgan fingerprint density at radius 1 is 1.29 bits per heavy atom. The Balaban J connectivity index is 0.00000106. The molecular formula is C16H27NO3S. The number of sulfonamides is 1. The molecule has 0 radical (unpaired) electrons. The molecule has 0 saturated carbocycles. The summed E-state index contributed by atoms with van der Waals surface area (Å²) in [5.41, 5.74) is -0.267. The maximum Gasteiger partial charge on any atom is 0.240 e. The van der Waals surface area contributed by atoms with E-state index >= 15 is 0 Å². The number of rotatable bonds is 3. The van der Waals surface area contributed by atoms with Gasteiger partial charge < -0.3 is 4.74 Å². The minimum atomic E-state index is -3.47. The molecule has 1 unspecified atom stereocenters. The van der Waals surface area contributed by atoms with Crippen molar-refractivity contribution < 1.29 is 13.2 Å². The molecule has 120 valence electrons. The van der Waals surface area contributed by atoms with Crippen LogP contribution in [0.4, 0.5) is 0 Å². The van der Waals surface area contributed by atoms with E-state index in [0.29, 0.717) is 11.5 Å². The fraction of sp³-hybridized carbons (Fsp3) is 0.625. The lowest BCUT2D eigenvalue weighted by Gasteiger charge is -2.23. The zero-order valence-electron chi connectivity index (χ0n) is 13.4. The quantitative estimate of drug-likeness (QED) is 0.871. The van der Waals surface area contributed by atoms with Crippen LogP contribution >= 0.6 is 0 Å². The molecule has 1 fully saturated rings. The Hall–Kier alpha value is -0.910. The highest BCUT2D eigenvalue weighted by molar-refractivity contribution is 7.93. The van der Waals surface area contributed by atoms with Crippen LogP contribution in [0.25, 0.3) is 0 Å². The van der Waals surface area contributed by atoms with E-state index in [0.717, 1.165) is 19.4 Å². The van der Waals surface area contributed by atoms with Gasteiger partial charge in [0.15, 0.2) is 0 Å². The Morgan fingerprint density at radius 3 is 2.62 bits per heavy atom. The normalized spacial score (nSPS) is 24.6. The zero-order chi connectivity index (χ0) is 15.9. The van der Waals surface area contributed by atoms with E-state index in [1.165, 1.54) is 0 Å². The predicted molar refractivity (Wildman–Crippen MR) is 87.4 cm³/mol. The minimum absolute atomic E-state index is 0.118.